The molecule has 0 heterocycles. The second-order valence-electron chi connectivity index (χ2n) is 2.64. The molecule has 5 heteroatoms. The fraction of sp³-hybridized carbons (Fsp3) is 0.222. The number of benzene rings is 1. The summed E-state index contributed by atoms with van der Waals surface area (Å²) < 4.78 is 13.2. The molecule has 0 bridgehead atoms. The molecule has 0 fully saturated rings. The van der Waals surface area contributed by atoms with E-state index in [1.165, 1.54) is 6.07 Å². The molecule has 76 valence electrons. The number of nitrogens with zero attached hydrogens (tertiary/aromatic N) is 1. The second-order valence-corrected chi connectivity index (χ2v) is 3.50. The predicted octanol–water partition coefficient (Wildman–Crippen LogP) is 2.92. The van der Waals surface area contributed by atoms with Crippen LogP contribution in [0.2, 0.25) is 0 Å². The molecule has 0 radical (unpaired) electrons. The highest BCUT2D eigenvalue weighted by Gasteiger charge is 2.07. The SMILES string of the molecule is Cl.N#CC[C@@H](N)c1ccc(F)c(Br)c1. The van der Waals surface area contributed by atoms with Gasteiger partial charge in [0.2, 0.25) is 0 Å². The first-order valence-corrected chi connectivity index (χ1v) is 4.52. The third kappa shape index (κ3) is 3.26. The summed E-state index contributed by atoms with van der Waals surface area (Å²) in [6.07, 6.45) is 0.234. The van der Waals surface area contributed by atoms with Crippen LogP contribution in [0.3, 0.4) is 0 Å². The van der Waals surface area contributed by atoms with Crippen LogP contribution in [-0.2, 0) is 0 Å². The van der Waals surface area contributed by atoms with E-state index in [-0.39, 0.29) is 30.7 Å². The maximum absolute atomic E-state index is 12.8. The number of nitrogens with two attached hydrogens (primary N) is 1. The van der Waals surface area contributed by atoms with Crippen LogP contribution in [0.25, 0.3) is 0 Å². The van der Waals surface area contributed by atoms with Crippen molar-refractivity contribution < 1.29 is 4.39 Å². The van der Waals surface area contributed by atoms with Crippen LogP contribution in [0.1, 0.15) is 18.0 Å². The van der Waals surface area contributed by atoms with E-state index in [0.717, 1.165) is 5.56 Å². The number of rotatable bonds is 2. The minimum atomic E-state index is -0.345. The van der Waals surface area contributed by atoms with Crippen molar-refractivity contribution in [2.45, 2.75) is 12.5 Å². The molecule has 2 N–H and O–H groups in total. The van der Waals surface area contributed by atoms with Gasteiger partial charge < -0.3 is 5.73 Å². The normalized spacial score (nSPS) is 11.3. The highest BCUT2D eigenvalue weighted by molar-refractivity contribution is 9.10. The molecule has 0 aliphatic heterocycles. The summed E-state index contributed by atoms with van der Waals surface area (Å²) in [6.45, 7) is 0. The van der Waals surface area contributed by atoms with Gasteiger partial charge in [0, 0.05) is 6.04 Å². The van der Waals surface area contributed by atoms with Crippen molar-refractivity contribution in [3.05, 3.63) is 34.1 Å². The lowest BCUT2D eigenvalue weighted by Crippen LogP contribution is -2.09. The molecular weight excluding hydrogens is 270 g/mol. The maximum Gasteiger partial charge on any atom is 0.137 e. The number of nitriles is 1. The van der Waals surface area contributed by atoms with Gasteiger partial charge in [0.25, 0.3) is 0 Å². The van der Waals surface area contributed by atoms with Gasteiger partial charge in [-0.05, 0) is 33.6 Å². The van der Waals surface area contributed by atoms with E-state index in [2.05, 4.69) is 15.9 Å². The van der Waals surface area contributed by atoms with Gasteiger partial charge in [-0.1, -0.05) is 6.07 Å². The van der Waals surface area contributed by atoms with Gasteiger partial charge in [-0.25, -0.2) is 4.39 Å². The Balaban J connectivity index is 0.00000169. The summed E-state index contributed by atoms with van der Waals surface area (Å²) in [6, 6.07) is 6.13. The zero-order chi connectivity index (χ0) is 9.84. The molecule has 1 aromatic carbocycles. The van der Waals surface area contributed by atoms with Crippen LogP contribution >= 0.6 is 28.3 Å². The van der Waals surface area contributed by atoms with Gasteiger partial charge in [0.05, 0.1) is 17.0 Å². The predicted molar refractivity (Wildman–Crippen MR) is 58.5 cm³/mol. The van der Waals surface area contributed by atoms with Crippen LogP contribution in [-0.4, -0.2) is 0 Å². The van der Waals surface area contributed by atoms with Crippen LogP contribution in [0, 0.1) is 17.1 Å². The zero-order valence-corrected chi connectivity index (χ0v) is 9.61. The van der Waals surface area contributed by atoms with E-state index in [4.69, 9.17) is 11.0 Å². The Morgan fingerprint density at radius 3 is 2.71 bits per heavy atom. The van der Waals surface area contributed by atoms with Crippen molar-refractivity contribution >= 4 is 28.3 Å². The molecule has 1 atom stereocenters. The topological polar surface area (TPSA) is 49.8 Å². The number of hydrogen-bond donors (Lipinski definition) is 1. The van der Waals surface area contributed by atoms with Crippen molar-refractivity contribution in [3.8, 4) is 6.07 Å². The Morgan fingerprint density at radius 2 is 2.21 bits per heavy atom. The summed E-state index contributed by atoms with van der Waals surface area (Å²) in [4.78, 5) is 0. The lowest BCUT2D eigenvalue weighted by Gasteiger charge is -2.07. The molecule has 0 saturated heterocycles. The number of hydrogen-bond acceptors (Lipinski definition) is 2. The van der Waals surface area contributed by atoms with Gasteiger partial charge in [-0.2, -0.15) is 5.26 Å². The lowest BCUT2D eigenvalue weighted by atomic mass is 10.1. The highest BCUT2D eigenvalue weighted by Crippen LogP contribution is 2.21. The molecule has 0 unspecified atom stereocenters. The number of halogens is 3. The van der Waals surface area contributed by atoms with Crippen LogP contribution in [0.4, 0.5) is 4.39 Å². The smallest absolute Gasteiger partial charge is 0.137 e. The van der Waals surface area contributed by atoms with E-state index < -0.39 is 0 Å². The molecular formula is C9H9BrClFN2. The van der Waals surface area contributed by atoms with Crippen molar-refractivity contribution in [2.75, 3.05) is 0 Å². The fourth-order valence-electron chi connectivity index (χ4n) is 0.959. The lowest BCUT2D eigenvalue weighted by molar-refractivity contribution is 0.618. The van der Waals surface area contributed by atoms with Crippen LogP contribution < -0.4 is 5.73 Å². The molecule has 1 rings (SSSR count). The van der Waals surface area contributed by atoms with Gasteiger partial charge in [0.15, 0.2) is 0 Å². The third-order valence-corrected chi connectivity index (χ3v) is 2.29. The Kier molecular flexibility index (Phi) is 5.70. The van der Waals surface area contributed by atoms with E-state index >= 15 is 0 Å². The molecule has 0 aliphatic carbocycles. The first-order chi connectivity index (χ1) is 6.15. The summed E-state index contributed by atoms with van der Waals surface area (Å²) in [5.41, 5.74) is 6.42. The zero-order valence-electron chi connectivity index (χ0n) is 7.21. The summed E-state index contributed by atoms with van der Waals surface area (Å²) in [5.74, 6) is -0.326. The van der Waals surface area contributed by atoms with E-state index in [1.807, 2.05) is 6.07 Å². The second kappa shape index (κ2) is 5.97. The Hall–Kier alpha value is -0.630. The highest BCUT2D eigenvalue weighted by atomic mass is 79.9. The quantitative estimate of drug-likeness (QED) is 0.905. The molecule has 0 aliphatic rings. The molecule has 2 nitrogen and oxygen atoms in total. The summed E-state index contributed by atoms with van der Waals surface area (Å²) in [7, 11) is 0. The van der Waals surface area contributed by atoms with Crippen molar-refractivity contribution in [3.63, 3.8) is 0 Å². The largest absolute Gasteiger partial charge is 0.323 e. The van der Waals surface area contributed by atoms with Crippen molar-refractivity contribution in [1.29, 1.82) is 5.26 Å². The Morgan fingerprint density at radius 1 is 1.57 bits per heavy atom. The van der Waals surface area contributed by atoms with E-state index in [0.29, 0.717) is 4.47 Å². The first kappa shape index (κ1) is 13.4. The van der Waals surface area contributed by atoms with Crippen molar-refractivity contribution in [1.82, 2.24) is 0 Å². The molecule has 0 aromatic heterocycles. The van der Waals surface area contributed by atoms with Gasteiger partial charge in [0.1, 0.15) is 5.82 Å². The average Bonchev–Trinajstić information content (AvgIpc) is 2.10. The maximum atomic E-state index is 12.8. The third-order valence-electron chi connectivity index (χ3n) is 1.68. The van der Waals surface area contributed by atoms with E-state index in [1.54, 1.807) is 12.1 Å². The van der Waals surface area contributed by atoms with Crippen LogP contribution in [0.5, 0.6) is 0 Å². The minimum absolute atomic E-state index is 0. The summed E-state index contributed by atoms with van der Waals surface area (Å²) in [5, 5.41) is 8.41. The van der Waals surface area contributed by atoms with Gasteiger partial charge in [-0.3, -0.25) is 0 Å². The standard InChI is InChI=1S/C9H8BrFN2.ClH/c10-7-5-6(1-2-8(7)11)9(13)3-4-12;/h1-2,5,9H,3,13H2;1H/t9-;/m1./s1. The van der Waals surface area contributed by atoms with E-state index in [9.17, 15) is 4.39 Å². The van der Waals surface area contributed by atoms with Crippen molar-refractivity contribution in [2.24, 2.45) is 5.73 Å². The Bertz CT molecular complexity index is 351. The molecule has 0 saturated carbocycles. The summed E-state index contributed by atoms with van der Waals surface area (Å²) >= 11 is 3.05. The Labute approximate surface area is 96.4 Å². The first-order valence-electron chi connectivity index (χ1n) is 3.72. The average molecular weight is 280 g/mol. The van der Waals surface area contributed by atoms with Gasteiger partial charge >= 0.3 is 0 Å². The minimum Gasteiger partial charge on any atom is -0.323 e. The molecule has 0 spiro atoms. The van der Waals surface area contributed by atoms with Crippen LogP contribution in [0.15, 0.2) is 22.7 Å². The molecule has 1 aromatic rings. The van der Waals surface area contributed by atoms with Gasteiger partial charge in [-0.15, -0.1) is 12.4 Å². The monoisotopic (exact) mass is 278 g/mol. The fourth-order valence-corrected chi connectivity index (χ4v) is 1.36. The molecule has 0 amide bonds. The molecule has 14 heavy (non-hydrogen) atoms.